The van der Waals surface area contributed by atoms with Gasteiger partial charge >= 0.3 is 5.69 Å². The van der Waals surface area contributed by atoms with Gasteiger partial charge in [-0.1, -0.05) is 0 Å². The number of carbonyl (C=O) groups is 1. The second-order valence-electron chi connectivity index (χ2n) is 3.80. The summed E-state index contributed by atoms with van der Waals surface area (Å²) in [5.74, 6) is -0.0629. The second-order valence-corrected chi connectivity index (χ2v) is 5.43. The maximum absolute atomic E-state index is 12.3. The molecule has 0 fully saturated rings. The number of thiophene rings is 1. The van der Waals surface area contributed by atoms with E-state index in [1.54, 1.807) is 23.6 Å². The first-order chi connectivity index (χ1) is 8.65. The summed E-state index contributed by atoms with van der Waals surface area (Å²) in [6.45, 7) is 0. The number of aromatic nitrogens is 2. The summed E-state index contributed by atoms with van der Waals surface area (Å²) >= 11 is 4.84. The minimum atomic E-state index is -0.281. The average molecular weight is 323 g/mol. The molecule has 90 valence electrons. The maximum Gasteiger partial charge on any atom is 0.323 e. The van der Waals surface area contributed by atoms with Crippen molar-refractivity contribution >= 4 is 44.1 Å². The van der Waals surface area contributed by atoms with E-state index in [0.29, 0.717) is 26.6 Å². The molecule has 0 amide bonds. The summed E-state index contributed by atoms with van der Waals surface area (Å²) in [7, 11) is 0. The fraction of sp³-hybridized carbons (Fsp3) is 0. The Balaban J connectivity index is 2.20. The molecule has 6 heteroatoms. The average Bonchev–Trinajstić information content (AvgIpc) is 2.94. The molecular weight excluding hydrogens is 316 g/mol. The van der Waals surface area contributed by atoms with Gasteiger partial charge < -0.3 is 9.97 Å². The third kappa shape index (κ3) is 1.83. The molecule has 4 nitrogen and oxygen atoms in total. The van der Waals surface area contributed by atoms with Gasteiger partial charge in [-0.2, -0.15) is 11.3 Å². The van der Waals surface area contributed by atoms with Crippen LogP contribution in [0.1, 0.15) is 15.9 Å². The Morgan fingerprint density at radius 2 is 1.94 bits per heavy atom. The fourth-order valence-electron chi connectivity index (χ4n) is 1.78. The number of nitrogens with one attached hydrogen (secondary N) is 2. The van der Waals surface area contributed by atoms with Gasteiger partial charge in [0.05, 0.1) is 11.0 Å². The number of fused-ring (bicyclic) bond motifs is 1. The molecule has 0 saturated heterocycles. The van der Waals surface area contributed by atoms with E-state index < -0.39 is 0 Å². The molecule has 3 aromatic rings. The van der Waals surface area contributed by atoms with Crippen LogP contribution in [0.5, 0.6) is 0 Å². The Morgan fingerprint density at radius 3 is 2.61 bits per heavy atom. The fourth-order valence-corrected chi connectivity index (χ4v) is 2.94. The van der Waals surface area contributed by atoms with Gasteiger partial charge in [0.25, 0.3) is 0 Å². The van der Waals surface area contributed by atoms with Gasteiger partial charge in [-0.25, -0.2) is 4.79 Å². The van der Waals surface area contributed by atoms with Gasteiger partial charge in [0.15, 0.2) is 5.78 Å². The molecule has 0 spiro atoms. The number of ketones is 1. The number of halogens is 1. The van der Waals surface area contributed by atoms with E-state index in [1.807, 2.05) is 5.38 Å². The molecule has 0 atom stereocenters. The number of hydrogen-bond donors (Lipinski definition) is 2. The van der Waals surface area contributed by atoms with Gasteiger partial charge in [0.2, 0.25) is 0 Å². The Morgan fingerprint density at radius 1 is 1.22 bits per heavy atom. The van der Waals surface area contributed by atoms with E-state index in [9.17, 15) is 9.59 Å². The molecule has 0 saturated carbocycles. The normalized spacial score (nSPS) is 10.9. The molecule has 0 aliphatic carbocycles. The molecular formula is C12H7BrN2O2S. The quantitative estimate of drug-likeness (QED) is 0.712. The van der Waals surface area contributed by atoms with E-state index in [4.69, 9.17) is 0 Å². The molecule has 0 aliphatic rings. The van der Waals surface area contributed by atoms with Crippen LogP contribution >= 0.6 is 27.3 Å². The highest BCUT2D eigenvalue weighted by Crippen LogP contribution is 2.24. The largest absolute Gasteiger partial charge is 0.323 e. The van der Waals surface area contributed by atoms with Crippen molar-refractivity contribution in [2.24, 2.45) is 0 Å². The van der Waals surface area contributed by atoms with Crippen molar-refractivity contribution in [1.29, 1.82) is 0 Å². The maximum atomic E-state index is 12.3. The summed E-state index contributed by atoms with van der Waals surface area (Å²) < 4.78 is 0.668. The van der Waals surface area contributed by atoms with Crippen LogP contribution in [0.3, 0.4) is 0 Å². The SMILES string of the molecule is O=C(c1ccsc1)c1cc2[nH]c(=O)[nH]c2cc1Br. The number of carbonyl (C=O) groups excluding carboxylic acids is 1. The molecule has 2 N–H and O–H groups in total. The molecule has 1 aromatic carbocycles. The molecule has 0 aliphatic heterocycles. The number of rotatable bonds is 2. The van der Waals surface area contributed by atoms with Crippen molar-refractivity contribution < 1.29 is 4.79 Å². The molecule has 18 heavy (non-hydrogen) atoms. The Labute approximate surface area is 114 Å². The predicted octanol–water partition coefficient (Wildman–Crippen LogP) is 2.91. The number of benzene rings is 1. The smallest absolute Gasteiger partial charge is 0.306 e. The molecule has 3 rings (SSSR count). The van der Waals surface area contributed by atoms with Crippen LogP contribution in [-0.4, -0.2) is 15.8 Å². The van der Waals surface area contributed by atoms with Crippen molar-refractivity contribution in [2.75, 3.05) is 0 Å². The van der Waals surface area contributed by atoms with Crippen LogP contribution in [0.25, 0.3) is 11.0 Å². The van der Waals surface area contributed by atoms with Crippen LogP contribution in [0.15, 0.2) is 38.2 Å². The van der Waals surface area contributed by atoms with Crippen molar-refractivity contribution in [3.05, 3.63) is 55.0 Å². The van der Waals surface area contributed by atoms with Crippen LogP contribution in [-0.2, 0) is 0 Å². The van der Waals surface area contributed by atoms with Gasteiger partial charge in [0.1, 0.15) is 0 Å². The van der Waals surface area contributed by atoms with Crippen LogP contribution in [0.4, 0.5) is 0 Å². The highest BCUT2D eigenvalue weighted by atomic mass is 79.9. The predicted molar refractivity (Wildman–Crippen MR) is 74.4 cm³/mol. The first-order valence-electron chi connectivity index (χ1n) is 5.13. The Kier molecular flexibility index (Phi) is 2.68. The topological polar surface area (TPSA) is 65.7 Å². The second kappa shape index (κ2) is 4.22. The van der Waals surface area contributed by atoms with E-state index in [-0.39, 0.29) is 11.5 Å². The minimum Gasteiger partial charge on any atom is -0.306 e. The number of H-pyrrole nitrogens is 2. The summed E-state index contributed by atoms with van der Waals surface area (Å²) in [6, 6.07) is 5.19. The highest BCUT2D eigenvalue weighted by Gasteiger charge is 2.14. The van der Waals surface area contributed by atoms with Crippen LogP contribution in [0.2, 0.25) is 0 Å². The Bertz CT molecular complexity index is 786. The monoisotopic (exact) mass is 322 g/mol. The van der Waals surface area contributed by atoms with E-state index in [2.05, 4.69) is 25.9 Å². The molecule has 2 aromatic heterocycles. The third-order valence-corrected chi connectivity index (χ3v) is 3.97. The van der Waals surface area contributed by atoms with Crippen molar-refractivity contribution in [2.45, 2.75) is 0 Å². The van der Waals surface area contributed by atoms with Crippen molar-refractivity contribution in [1.82, 2.24) is 9.97 Å². The molecule has 2 heterocycles. The zero-order valence-electron chi connectivity index (χ0n) is 8.99. The standard InChI is InChI=1S/C12H7BrN2O2S/c13-8-4-10-9(14-12(17)15-10)3-7(8)11(16)6-1-2-18-5-6/h1-5H,(H2,14,15,17). The van der Waals surface area contributed by atoms with Crippen molar-refractivity contribution in [3.8, 4) is 0 Å². The molecule has 0 bridgehead atoms. The van der Waals surface area contributed by atoms with Crippen LogP contribution in [0, 0.1) is 0 Å². The summed E-state index contributed by atoms with van der Waals surface area (Å²) in [5.41, 5.74) is 2.21. The number of aromatic amines is 2. The first-order valence-corrected chi connectivity index (χ1v) is 6.87. The van der Waals surface area contributed by atoms with Crippen molar-refractivity contribution in [3.63, 3.8) is 0 Å². The van der Waals surface area contributed by atoms with E-state index >= 15 is 0 Å². The minimum absolute atomic E-state index is 0.0629. The van der Waals surface area contributed by atoms with Gasteiger partial charge in [-0.15, -0.1) is 0 Å². The Hall–Kier alpha value is -1.66. The van der Waals surface area contributed by atoms with Gasteiger partial charge in [0, 0.05) is 21.0 Å². The van der Waals surface area contributed by atoms with Gasteiger partial charge in [-0.3, -0.25) is 4.79 Å². The lowest BCUT2D eigenvalue weighted by Gasteiger charge is -2.02. The molecule has 0 unspecified atom stereocenters. The summed E-state index contributed by atoms with van der Waals surface area (Å²) in [5, 5.41) is 3.66. The molecule has 0 radical (unpaired) electrons. The summed E-state index contributed by atoms with van der Waals surface area (Å²) in [6.07, 6.45) is 0. The zero-order chi connectivity index (χ0) is 12.7. The summed E-state index contributed by atoms with van der Waals surface area (Å²) in [4.78, 5) is 28.7. The lowest BCUT2D eigenvalue weighted by atomic mass is 10.1. The van der Waals surface area contributed by atoms with E-state index in [1.165, 1.54) is 11.3 Å². The lowest BCUT2D eigenvalue weighted by molar-refractivity contribution is 0.103. The number of hydrogen-bond acceptors (Lipinski definition) is 3. The first kappa shape index (κ1) is 11.4. The van der Waals surface area contributed by atoms with Crippen LogP contribution < -0.4 is 5.69 Å². The lowest BCUT2D eigenvalue weighted by Crippen LogP contribution is -2.01. The highest BCUT2D eigenvalue weighted by molar-refractivity contribution is 9.10. The van der Waals surface area contributed by atoms with E-state index in [0.717, 1.165) is 0 Å². The zero-order valence-corrected chi connectivity index (χ0v) is 11.4. The van der Waals surface area contributed by atoms with Gasteiger partial charge in [-0.05, 0) is 39.5 Å². The third-order valence-electron chi connectivity index (χ3n) is 2.63. The number of imidazole rings is 1.